The Labute approximate surface area is 117 Å². The number of benzene rings is 2. The van der Waals surface area contributed by atoms with E-state index in [1.807, 2.05) is 0 Å². The van der Waals surface area contributed by atoms with Crippen molar-refractivity contribution in [2.24, 2.45) is 0 Å². The first kappa shape index (κ1) is 14.1. The van der Waals surface area contributed by atoms with Gasteiger partial charge in [-0.3, -0.25) is 4.79 Å². The number of carbonyl (C=O) groups excluding carboxylic acids is 1. The van der Waals surface area contributed by atoms with Gasteiger partial charge < -0.3 is 11.1 Å². The smallest absolute Gasteiger partial charge is 0.240 e. The molecule has 2 aromatic rings. The van der Waals surface area contributed by atoms with Crippen molar-refractivity contribution in [3.05, 3.63) is 54.6 Å². The van der Waals surface area contributed by atoms with Gasteiger partial charge in [0.2, 0.25) is 5.91 Å². The largest absolute Gasteiger partial charge is 0.397 e. The van der Waals surface area contributed by atoms with Crippen molar-refractivity contribution in [1.82, 2.24) is 0 Å². The lowest BCUT2D eigenvalue weighted by molar-refractivity contribution is -0.113. The average molecular weight is 290 g/mol. The van der Waals surface area contributed by atoms with Crippen LogP contribution >= 0.6 is 0 Å². The molecule has 0 aliphatic heterocycles. The van der Waals surface area contributed by atoms with Crippen LogP contribution in [0.25, 0.3) is 0 Å². The second-order valence-corrected chi connectivity index (χ2v) is 6.20. The number of rotatable bonds is 4. The van der Waals surface area contributed by atoms with E-state index in [1.54, 1.807) is 42.5 Å². The lowest BCUT2D eigenvalue weighted by Crippen LogP contribution is -2.23. The number of para-hydroxylation sites is 2. The minimum atomic E-state index is -3.65. The first-order chi connectivity index (χ1) is 9.49. The van der Waals surface area contributed by atoms with Crippen molar-refractivity contribution < 1.29 is 13.2 Å². The zero-order valence-electron chi connectivity index (χ0n) is 10.6. The van der Waals surface area contributed by atoms with E-state index in [0.29, 0.717) is 11.4 Å². The fourth-order valence-corrected chi connectivity index (χ4v) is 2.84. The maximum absolute atomic E-state index is 12.0. The van der Waals surface area contributed by atoms with Crippen molar-refractivity contribution in [3.8, 4) is 0 Å². The van der Waals surface area contributed by atoms with Crippen molar-refractivity contribution >= 4 is 27.1 Å². The summed E-state index contributed by atoms with van der Waals surface area (Å²) in [5, 5.41) is 2.49. The molecule has 2 aromatic carbocycles. The van der Waals surface area contributed by atoms with Gasteiger partial charge in [0.25, 0.3) is 0 Å². The second-order valence-electron chi connectivity index (χ2n) is 4.21. The molecule has 0 aliphatic carbocycles. The quantitative estimate of drug-likeness (QED) is 0.838. The van der Waals surface area contributed by atoms with Crippen LogP contribution in [0.15, 0.2) is 59.5 Å². The van der Waals surface area contributed by atoms with E-state index in [4.69, 9.17) is 5.73 Å². The predicted octanol–water partition coefficient (Wildman–Crippen LogP) is 1.68. The van der Waals surface area contributed by atoms with Crippen LogP contribution in [0, 0.1) is 0 Å². The topological polar surface area (TPSA) is 89.3 Å². The Morgan fingerprint density at radius 2 is 1.60 bits per heavy atom. The van der Waals surface area contributed by atoms with Crippen LogP contribution in [0.5, 0.6) is 0 Å². The Balaban J connectivity index is 2.11. The number of nitrogens with one attached hydrogen (secondary N) is 1. The summed E-state index contributed by atoms with van der Waals surface area (Å²) in [7, 11) is -3.65. The lowest BCUT2D eigenvalue weighted by atomic mass is 10.3. The molecule has 2 rings (SSSR count). The maximum atomic E-state index is 12.0. The third kappa shape index (κ3) is 3.36. The van der Waals surface area contributed by atoms with E-state index < -0.39 is 21.5 Å². The van der Waals surface area contributed by atoms with Crippen LogP contribution in [-0.4, -0.2) is 20.1 Å². The van der Waals surface area contributed by atoms with Gasteiger partial charge in [0.1, 0.15) is 5.75 Å². The minimum absolute atomic E-state index is 0.121. The van der Waals surface area contributed by atoms with Crippen molar-refractivity contribution in [1.29, 1.82) is 0 Å². The molecule has 0 spiro atoms. The standard InChI is InChI=1S/C14H14N2O3S/c15-12-8-4-5-9-13(12)16-14(17)10-20(18,19)11-6-2-1-3-7-11/h1-9H,10,15H2,(H,16,17). The molecule has 0 aromatic heterocycles. The van der Waals surface area contributed by atoms with Crippen LogP contribution in [0.2, 0.25) is 0 Å². The van der Waals surface area contributed by atoms with Gasteiger partial charge in [-0.05, 0) is 24.3 Å². The van der Waals surface area contributed by atoms with Gasteiger partial charge in [0.05, 0.1) is 16.3 Å². The van der Waals surface area contributed by atoms with E-state index in [1.165, 1.54) is 12.1 Å². The molecule has 0 unspecified atom stereocenters. The first-order valence-electron chi connectivity index (χ1n) is 5.91. The Kier molecular flexibility index (Phi) is 4.05. The Morgan fingerprint density at radius 1 is 1.00 bits per heavy atom. The summed E-state index contributed by atoms with van der Waals surface area (Å²) < 4.78 is 24.1. The summed E-state index contributed by atoms with van der Waals surface area (Å²) in [6, 6.07) is 14.5. The van der Waals surface area contributed by atoms with E-state index in [9.17, 15) is 13.2 Å². The third-order valence-electron chi connectivity index (χ3n) is 2.66. The first-order valence-corrected chi connectivity index (χ1v) is 7.56. The zero-order chi connectivity index (χ0) is 14.6. The van der Waals surface area contributed by atoms with Crippen molar-refractivity contribution in [2.45, 2.75) is 4.90 Å². The molecule has 1 amide bonds. The normalized spacial score (nSPS) is 11.0. The van der Waals surface area contributed by atoms with Crippen LogP contribution in [-0.2, 0) is 14.6 Å². The molecule has 0 radical (unpaired) electrons. The number of hydrogen-bond acceptors (Lipinski definition) is 4. The molecular formula is C14H14N2O3S. The van der Waals surface area contributed by atoms with Crippen molar-refractivity contribution in [3.63, 3.8) is 0 Å². The molecule has 3 N–H and O–H groups in total. The highest BCUT2D eigenvalue weighted by atomic mass is 32.2. The molecule has 6 heteroatoms. The van der Waals surface area contributed by atoms with Crippen molar-refractivity contribution in [2.75, 3.05) is 16.8 Å². The van der Waals surface area contributed by atoms with Gasteiger partial charge in [0.15, 0.2) is 9.84 Å². The van der Waals surface area contributed by atoms with E-state index in [0.717, 1.165) is 0 Å². The van der Waals surface area contributed by atoms with Crippen LogP contribution in [0.3, 0.4) is 0 Å². The molecule has 0 saturated carbocycles. The Hall–Kier alpha value is -2.34. The van der Waals surface area contributed by atoms with Gasteiger partial charge >= 0.3 is 0 Å². The van der Waals surface area contributed by atoms with Gasteiger partial charge in [-0.1, -0.05) is 30.3 Å². The Bertz CT molecular complexity index is 712. The summed E-state index contributed by atoms with van der Waals surface area (Å²) >= 11 is 0. The second kappa shape index (κ2) is 5.75. The van der Waals surface area contributed by atoms with Gasteiger partial charge in [-0.25, -0.2) is 8.42 Å². The third-order valence-corrected chi connectivity index (χ3v) is 4.29. The van der Waals surface area contributed by atoms with E-state index >= 15 is 0 Å². The highest BCUT2D eigenvalue weighted by Gasteiger charge is 2.19. The number of anilines is 2. The fraction of sp³-hybridized carbons (Fsp3) is 0.0714. The number of nitrogens with two attached hydrogens (primary N) is 1. The monoisotopic (exact) mass is 290 g/mol. The summed E-state index contributed by atoms with van der Waals surface area (Å²) in [4.78, 5) is 11.9. The average Bonchev–Trinajstić information content (AvgIpc) is 2.42. The number of nitrogen functional groups attached to an aromatic ring is 1. The molecule has 20 heavy (non-hydrogen) atoms. The predicted molar refractivity (Wildman–Crippen MR) is 78.0 cm³/mol. The lowest BCUT2D eigenvalue weighted by Gasteiger charge is -2.08. The number of sulfone groups is 1. The molecule has 5 nitrogen and oxygen atoms in total. The maximum Gasteiger partial charge on any atom is 0.240 e. The van der Waals surface area contributed by atoms with E-state index in [2.05, 4.69) is 5.32 Å². The molecule has 0 saturated heterocycles. The fourth-order valence-electron chi connectivity index (χ4n) is 1.68. The van der Waals surface area contributed by atoms with E-state index in [-0.39, 0.29) is 4.90 Å². The number of hydrogen-bond donors (Lipinski definition) is 2. The van der Waals surface area contributed by atoms with Gasteiger partial charge in [0, 0.05) is 0 Å². The van der Waals surface area contributed by atoms with Gasteiger partial charge in [-0.15, -0.1) is 0 Å². The SMILES string of the molecule is Nc1ccccc1NC(=O)CS(=O)(=O)c1ccccc1. The van der Waals surface area contributed by atoms with Gasteiger partial charge in [-0.2, -0.15) is 0 Å². The highest BCUT2D eigenvalue weighted by molar-refractivity contribution is 7.92. The summed E-state index contributed by atoms with van der Waals surface area (Å²) in [5.41, 5.74) is 6.47. The molecule has 0 fully saturated rings. The number of amides is 1. The van der Waals surface area contributed by atoms with Crippen LogP contribution in [0.4, 0.5) is 11.4 Å². The van der Waals surface area contributed by atoms with Crippen LogP contribution in [0.1, 0.15) is 0 Å². The Morgan fingerprint density at radius 3 is 2.25 bits per heavy atom. The minimum Gasteiger partial charge on any atom is -0.397 e. The molecule has 0 aliphatic rings. The molecule has 0 heterocycles. The molecular weight excluding hydrogens is 276 g/mol. The number of carbonyl (C=O) groups is 1. The molecule has 104 valence electrons. The summed E-state index contributed by atoms with van der Waals surface area (Å²) in [6.45, 7) is 0. The summed E-state index contributed by atoms with van der Waals surface area (Å²) in [6.07, 6.45) is 0. The highest BCUT2D eigenvalue weighted by Crippen LogP contribution is 2.17. The van der Waals surface area contributed by atoms with Crippen LogP contribution < -0.4 is 11.1 Å². The summed E-state index contributed by atoms with van der Waals surface area (Å²) in [5.74, 6) is -1.24. The zero-order valence-corrected chi connectivity index (χ0v) is 11.4. The molecule has 0 bridgehead atoms. The molecule has 0 atom stereocenters.